The molecule has 0 saturated heterocycles. The third-order valence-electron chi connectivity index (χ3n) is 5.53. The number of hydrogen-bond donors (Lipinski definition) is 1. The lowest BCUT2D eigenvalue weighted by Gasteiger charge is -2.15. The Morgan fingerprint density at radius 2 is 1.85 bits per heavy atom. The summed E-state index contributed by atoms with van der Waals surface area (Å²) < 4.78 is 50.4. The Morgan fingerprint density at radius 1 is 1.12 bits per heavy atom. The van der Waals surface area contributed by atoms with Crippen molar-refractivity contribution in [3.63, 3.8) is 0 Å². The number of carbonyl (C=O) groups is 2. The molecule has 1 saturated carbocycles. The maximum Gasteiger partial charge on any atom is 0.417 e. The van der Waals surface area contributed by atoms with Crippen molar-refractivity contribution in [2.75, 3.05) is 19.0 Å². The van der Waals surface area contributed by atoms with Gasteiger partial charge >= 0.3 is 12.1 Å². The van der Waals surface area contributed by atoms with Crippen molar-refractivity contribution in [2.24, 2.45) is 11.8 Å². The van der Waals surface area contributed by atoms with E-state index in [1.54, 1.807) is 31.2 Å². The number of carbonyl (C=O) groups excluding carboxylic acids is 2. The number of anilines is 2. The minimum atomic E-state index is -4.48. The number of benzene rings is 2. The lowest BCUT2D eigenvalue weighted by atomic mass is 10.0. The molecule has 2 aromatic carbocycles. The molecule has 1 aromatic heterocycles. The Labute approximate surface area is 187 Å². The summed E-state index contributed by atoms with van der Waals surface area (Å²) in [6.07, 6.45) is -2.67. The standard InChI is InChI=1S/C24H21F3N2O4/c1-3-33-23(31)17-11-16(17)22(30)21-20(32-2)10-13(12-28-21)29-19-9-8-18(24(25,26)27)14-6-4-5-7-15(14)19/h4-10,12,16-17,29H,3,11H2,1-2H3. The summed E-state index contributed by atoms with van der Waals surface area (Å²) in [7, 11) is 1.39. The van der Waals surface area contributed by atoms with Crippen LogP contribution >= 0.6 is 0 Å². The van der Waals surface area contributed by atoms with Gasteiger partial charge < -0.3 is 14.8 Å². The van der Waals surface area contributed by atoms with Crippen molar-refractivity contribution in [3.8, 4) is 5.75 Å². The van der Waals surface area contributed by atoms with Gasteiger partial charge in [0.05, 0.1) is 37.1 Å². The van der Waals surface area contributed by atoms with E-state index in [2.05, 4.69) is 10.3 Å². The molecule has 3 aromatic rings. The molecule has 0 amide bonds. The van der Waals surface area contributed by atoms with Crippen LogP contribution in [0.3, 0.4) is 0 Å². The summed E-state index contributed by atoms with van der Waals surface area (Å²) in [6.45, 7) is 1.95. The molecule has 33 heavy (non-hydrogen) atoms. The van der Waals surface area contributed by atoms with Gasteiger partial charge in [-0.1, -0.05) is 24.3 Å². The van der Waals surface area contributed by atoms with Gasteiger partial charge in [0.15, 0.2) is 5.78 Å². The first-order valence-corrected chi connectivity index (χ1v) is 10.4. The topological polar surface area (TPSA) is 77.5 Å². The Balaban J connectivity index is 1.60. The monoisotopic (exact) mass is 458 g/mol. The van der Waals surface area contributed by atoms with Crippen molar-refractivity contribution in [3.05, 3.63) is 59.9 Å². The van der Waals surface area contributed by atoms with Gasteiger partial charge in [-0.25, -0.2) is 4.98 Å². The maximum atomic E-state index is 13.4. The summed E-state index contributed by atoms with van der Waals surface area (Å²) >= 11 is 0. The van der Waals surface area contributed by atoms with Crippen LogP contribution in [-0.4, -0.2) is 30.5 Å². The first-order valence-electron chi connectivity index (χ1n) is 10.4. The van der Waals surface area contributed by atoms with Gasteiger partial charge in [-0.05, 0) is 30.9 Å². The van der Waals surface area contributed by atoms with Crippen LogP contribution in [0.2, 0.25) is 0 Å². The fourth-order valence-electron chi connectivity index (χ4n) is 3.83. The predicted molar refractivity (Wildman–Crippen MR) is 116 cm³/mol. The van der Waals surface area contributed by atoms with Crippen LogP contribution in [0.5, 0.6) is 5.75 Å². The average Bonchev–Trinajstić information content (AvgIpc) is 3.59. The van der Waals surface area contributed by atoms with Crippen molar-refractivity contribution >= 4 is 33.9 Å². The molecule has 1 aliphatic carbocycles. The third kappa shape index (κ3) is 4.48. The Morgan fingerprint density at radius 3 is 2.52 bits per heavy atom. The number of aromatic nitrogens is 1. The molecular formula is C24H21F3N2O4. The molecule has 6 nitrogen and oxygen atoms in total. The second-order valence-electron chi connectivity index (χ2n) is 7.67. The quantitative estimate of drug-likeness (QED) is 0.378. The number of methoxy groups -OCH3 is 1. The van der Waals surface area contributed by atoms with Crippen LogP contribution in [0.25, 0.3) is 10.8 Å². The second kappa shape index (κ2) is 8.73. The molecule has 1 fully saturated rings. The summed E-state index contributed by atoms with van der Waals surface area (Å²) in [4.78, 5) is 28.9. The molecule has 1 aliphatic rings. The van der Waals surface area contributed by atoms with Crippen LogP contribution < -0.4 is 10.1 Å². The molecule has 0 bridgehead atoms. The van der Waals surface area contributed by atoms with Crippen LogP contribution in [0.4, 0.5) is 24.5 Å². The Hall–Kier alpha value is -3.62. The van der Waals surface area contributed by atoms with Gasteiger partial charge in [-0.3, -0.25) is 9.59 Å². The first kappa shape index (κ1) is 22.6. The number of alkyl halides is 3. The number of ketones is 1. The van der Waals surface area contributed by atoms with Crippen molar-refractivity contribution < 1.29 is 32.2 Å². The zero-order valence-electron chi connectivity index (χ0n) is 17.9. The normalized spacial score (nSPS) is 17.5. The predicted octanol–water partition coefficient (Wildman–Crippen LogP) is 5.39. The minimum Gasteiger partial charge on any atom is -0.494 e. The zero-order valence-corrected chi connectivity index (χ0v) is 17.9. The summed E-state index contributed by atoms with van der Waals surface area (Å²) in [5.41, 5.74) is 0.259. The molecule has 0 aliphatic heterocycles. The van der Waals surface area contributed by atoms with Gasteiger partial charge in [-0.2, -0.15) is 13.2 Å². The average molecular weight is 458 g/mol. The SMILES string of the molecule is CCOC(=O)C1CC1C(=O)c1ncc(Nc2ccc(C(F)(F)F)c3ccccc23)cc1OC. The number of nitrogens with one attached hydrogen (secondary N) is 1. The van der Waals surface area contributed by atoms with E-state index in [0.29, 0.717) is 23.2 Å². The summed E-state index contributed by atoms with van der Waals surface area (Å²) in [5.74, 6) is -1.47. The molecule has 2 atom stereocenters. The fraction of sp³-hybridized carbons (Fsp3) is 0.292. The third-order valence-corrected chi connectivity index (χ3v) is 5.53. The highest BCUT2D eigenvalue weighted by molar-refractivity contribution is 6.04. The second-order valence-corrected chi connectivity index (χ2v) is 7.67. The highest BCUT2D eigenvalue weighted by Gasteiger charge is 2.50. The van der Waals surface area contributed by atoms with E-state index >= 15 is 0 Å². The molecule has 172 valence electrons. The first-order chi connectivity index (χ1) is 15.7. The number of pyridine rings is 1. The Kier molecular flexibility index (Phi) is 5.97. The van der Waals surface area contributed by atoms with Crippen LogP contribution in [0.15, 0.2) is 48.7 Å². The van der Waals surface area contributed by atoms with Gasteiger partial charge in [0.25, 0.3) is 0 Å². The van der Waals surface area contributed by atoms with Crippen LogP contribution in [-0.2, 0) is 15.7 Å². The van der Waals surface area contributed by atoms with E-state index in [1.165, 1.54) is 25.4 Å². The molecular weight excluding hydrogens is 437 g/mol. The number of halogens is 3. The smallest absolute Gasteiger partial charge is 0.417 e. The number of nitrogens with zero attached hydrogens (tertiary/aromatic N) is 1. The number of Topliss-reactive ketones (excluding diaryl/α,β-unsaturated/α-hetero) is 1. The highest BCUT2D eigenvalue weighted by Crippen LogP contribution is 2.43. The van der Waals surface area contributed by atoms with Gasteiger partial charge in [0.2, 0.25) is 0 Å². The fourth-order valence-corrected chi connectivity index (χ4v) is 3.83. The molecule has 2 unspecified atom stereocenters. The lowest BCUT2D eigenvalue weighted by Crippen LogP contribution is -2.14. The molecule has 1 N–H and O–H groups in total. The van der Waals surface area contributed by atoms with Crippen molar-refractivity contribution in [1.29, 1.82) is 0 Å². The van der Waals surface area contributed by atoms with Crippen LogP contribution in [0.1, 0.15) is 29.4 Å². The maximum absolute atomic E-state index is 13.4. The van der Waals surface area contributed by atoms with Crippen LogP contribution in [0, 0.1) is 11.8 Å². The summed E-state index contributed by atoms with van der Waals surface area (Å²) in [5, 5.41) is 3.52. The molecule has 4 rings (SSSR count). The van der Waals surface area contributed by atoms with Crippen molar-refractivity contribution in [1.82, 2.24) is 4.98 Å². The Bertz CT molecular complexity index is 1230. The largest absolute Gasteiger partial charge is 0.494 e. The molecule has 0 radical (unpaired) electrons. The van der Waals surface area contributed by atoms with E-state index in [4.69, 9.17) is 9.47 Å². The minimum absolute atomic E-state index is 0.0699. The summed E-state index contributed by atoms with van der Waals surface area (Å²) in [6, 6.07) is 10.1. The van der Waals surface area contributed by atoms with E-state index in [-0.39, 0.29) is 29.2 Å². The van der Waals surface area contributed by atoms with E-state index in [0.717, 1.165) is 6.07 Å². The van der Waals surface area contributed by atoms with E-state index in [9.17, 15) is 22.8 Å². The number of rotatable bonds is 7. The van der Waals surface area contributed by atoms with Crippen molar-refractivity contribution in [2.45, 2.75) is 19.5 Å². The zero-order chi connectivity index (χ0) is 23.8. The van der Waals surface area contributed by atoms with E-state index < -0.39 is 29.5 Å². The van der Waals surface area contributed by atoms with Gasteiger partial charge in [-0.15, -0.1) is 0 Å². The lowest BCUT2D eigenvalue weighted by molar-refractivity contribution is -0.145. The van der Waals surface area contributed by atoms with Gasteiger partial charge in [0.1, 0.15) is 11.4 Å². The molecule has 9 heteroatoms. The van der Waals surface area contributed by atoms with Gasteiger partial charge in [0, 0.05) is 23.1 Å². The number of fused-ring (bicyclic) bond motifs is 1. The molecule has 1 heterocycles. The number of hydrogen-bond acceptors (Lipinski definition) is 6. The van der Waals surface area contributed by atoms with E-state index in [1.807, 2.05) is 0 Å². The number of ether oxygens (including phenoxy) is 2. The highest BCUT2D eigenvalue weighted by atomic mass is 19.4. The number of esters is 1. The molecule has 0 spiro atoms.